The number of nitrogens with one attached hydrogen (secondary N) is 1. The van der Waals surface area contributed by atoms with Gasteiger partial charge in [0.05, 0.1) is 17.4 Å². The molecular weight excluding hydrogens is 364 g/mol. The summed E-state index contributed by atoms with van der Waals surface area (Å²) < 4.78 is 5.18. The molecule has 1 unspecified atom stereocenters. The highest BCUT2D eigenvalue weighted by atomic mass is 16.5. The molecule has 4 rings (SSSR count). The predicted octanol–water partition coefficient (Wildman–Crippen LogP) is 4.86. The van der Waals surface area contributed by atoms with Crippen LogP contribution in [0.5, 0.6) is 5.75 Å². The van der Waals surface area contributed by atoms with Gasteiger partial charge in [0, 0.05) is 31.7 Å². The van der Waals surface area contributed by atoms with Crippen molar-refractivity contribution in [2.75, 3.05) is 17.3 Å². The first-order valence-corrected chi connectivity index (χ1v) is 9.89. The first-order chi connectivity index (χ1) is 13.7. The summed E-state index contributed by atoms with van der Waals surface area (Å²) in [5.41, 5.74) is 4.78. The number of ether oxygens (including phenoxy) is 1. The quantitative estimate of drug-likeness (QED) is 0.586. The summed E-state index contributed by atoms with van der Waals surface area (Å²) in [5, 5.41) is 3.56. The first kappa shape index (κ1) is 19.2. The average molecular weight is 390 g/mol. The summed E-state index contributed by atoms with van der Waals surface area (Å²) in [5.74, 6) is 0.330. The van der Waals surface area contributed by atoms with Crippen LogP contribution >= 0.6 is 0 Å². The largest absolute Gasteiger partial charge is 0.427 e. The minimum Gasteiger partial charge on any atom is -0.427 e. The van der Waals surface area contributed by atoms with Crippen molar-refractivity contribution in [3.8, 4) is 5.75 Å². The fourth-order valence-corrected chi connectivity index (χ4v) is 4.42. The molecule has 1 aliphatic heterocycles. The number of para-hydroxylation sites is 2. The van der Waals surface area contributed by atoms with E-state index in [9.17, 15) is 9.59 Å². The van der Waals surface area contributed by atoms with Crippen LogP contribution in [0.1, 0.15) is 45.2 Å². The number of likely N-dealkylation sites (N-methyl/N-ethyl adjacent to an activating group) is 1. The number of allylic oxidation sites excluding steroid dienone is 1. The van der Waals surface area contributed by atoms with Gasteiger partial charge in [-0.2, -0.15) is 0 Å². The Morgan fingerprint density at radius 1 is 1.10 bits per heavy atom. The summed E-state index contributed by atoms with van der Waals surface area (Å²) in [4.78, 5) is 26.7. The molecule has 0 saturated carbocycles. The lowest BCUT2D eigenvalue weighted by Crippen LogP contribution is -2.34. The number of hydrogen-bond acceptors (Lipinski definition) is 5. The number of hydrogen-bond donors (Lipinski definition) is 1. The summed E-state index contributed by atoms with van der Waals surface area (Å²) in [6.07, 6.45) is 1.35. The predicted molar refractivity (Wildman–Crippen MR) is 114 cm³/mol. The Morgan fingerprint density at radius 3 is 2.48 bits per heavy atom. The number of rotatable bonds is 2. The number of carbonyl (C=O) groups excluding carboxylic acids is 2. The van der Waals surface area contributed by atoms with Gasteiger partial charge in [0.1, 0.15) is 5.75 Å². The van der Waals surface area contributed by atoms with Crippen LogP contribution in [0.4, 0.5) is 11.4 Å². The molecule has 0 saturated heterocycles. The van der Waals surface area contributed by atoms with E-state index in [-0.39, 0.29) is 23.2 Å². The van der Waals surface area contributed by atoms with Crippen molar-refractivity contribution in [1.82, 2.24) is 0 Å². The molecular formula is C24H26N2O3. The highest BCUT2D eigenvalue weighted by molar-refractivity contribution is 6.01. The summed E-state index contributed by atoms with van der Waals surface area (Å²) in [7, 11) is 2.02. The van der Waals surface area contributed by atoms with Crippen LogP contribution in [0.3, 0.4) is 0 Å². The molecule has 0 radical (unpaired) electrons. The maximum absolute atomic E-state index is 13.3. The number of ketones is 1. The van der Waals surface area contributed by atoms with Crippen molar-refractivity contribution in [3.05, 3.63) is 65.4 Å². The second kappa shape index (κ2) is 7.07. The topological polar surface area (TPSA) is 58.6 Å². The molecule has 2 aromatic rings. The molecule has 2 aromatic carbocycles. The summed E-state index contributed by atoms with van der Waals surface area (Å²) in [6, 6.07) is 15.4. The zero-order valence-corrected chi connectivity index (χ0v) is 17.3. The van der Waals surface area contributed by atoms with E-state index in [0.717, 1.165) is 34.6 Å². The van der Waals surface area contributed by atoms with Gasteiger partial charge in [-0.05, 0) is 41.7 Å². The Morgan fingerprint density at radius 2 is 1.79 bits per heavy atom. The number of carbonyl (C=O) groups is 2. The van der Waals surface area contributed by atoms with Crippen molar-refractivity contribution in [3.63, 3.8) is 0 Å². The molecule has 2 aliphatic rings. The van der Waals surface area contributed by atoms with E-state index in [1.165, 1.54) is 6.92 Å². The van der Waals surface area contributed by atoms with Gasteiger partial charge < -0.3 is 15.0 Å². The van der Waals surface area contributed by atoms with E-state index in [4.69, 9.17) is 4.74 Å². The molecule has 1 N–H and O–H groups in total. The average Bonchev–Trinajstić information content (AvgIpc) is 2.76. The molecule has 1 heterocycles. The molecule has 0 fully saturated rings. The van der Waals surface area contributed by atoms with E-state index in [1.807, 2.05) is 31.3 Å². The normalized spacial score (nSPS) is 20.3. The van der Waals surface area contributed by atoms with Crippen LogP contribution in [0.25, 0.3) is 0 Å². The van der Waals surface area contributed by atoms with Gasteiger partial charge in [-0.3, -0.25) is 9.59 Å². The Balaban J connectivity index is 1.85. The molecule has 1 atom stereocenters. The summed E-state index contributed by atoms with van der Waals surface area (Å²) >= 11 is 0. The fourth-order valence-electron chi connectivity index (χ4n) is 4.42. The first-order valence-electron chi connectivity index (χ1n) is 9.89. The van der Waals surface area contributed by atoms with Gasteiger partial charge in [-0.1, -0.05) is 38.1 Å². The molecule has 5 nitrogen and oxygen atoms in total. The third-order valence-electron chi connectivity index (χ3n) is 5.61. The minimum absolute atomic E-state index is 0.0789. The number of anilines is 2. The fraction of sp³-hybridized carbons (Fsp3) is 0.333. The molecule has 0 bridgehead atoms. The van der Waals surface area contributed by atoms with E-state index < -0.39 is 0 Å². The molecule has 5 heteroatoms. The van der Waals surface area contributed by atoms with E-state index in [1.54, 1.807) is 12.1 Å². The molecule has 150 valence electrons. The standard InChI is InChI=1S/C24H26N2O3/c1-15(27)29-17-11-9-16(10-12-17)23-22-19(13-24(2,3)14-21(22)28)25-18-7-5-6-8-20(18)26(23)4/h5-12,23,25H,13-14H2,1-4H3. The third-order valence-corrected chi connectivity index (χ3v) is 5.61. The Labute approximate surface area is 171 Å². The van der Waals surface area contributed by atoms with Crippen molar-refractivity contribution in [1.29, 1.82) is 0 Å². The lowest BCUT2D eigenvalue weighted by molar-refractivity contribution is -0.131. The zero-order valence-electron chi connectivity index (χ0n) is 17.3. The summed E-state index contributed by atoms with van der Waals surface area (Å²) in [6.45, 7) is 5.66. The molecule has 29 heavy (non-hydrogen) atoms. The Kier molecular flexibility index (Phi) is 4.69. The highest BCUT2D eigenvalue weighted by Crippen LogP contribution is 2.47. The van der Waals surface area contributed by atoms with Gasteiger partial charge >= 0.3 is 5.97 Å². The minimum atomic E-state index is -0.350. The maximum atomic E-state index is 13.3. The van der Waals surface area contributed by atoms with E-state index >= 15 is 0 Å². The third kappa shape index (κ3) is 3.65. The molecule has 0 aromatic heterocycles. The molecule has 0 amide bonds. The van der Waals surface area contributed by atoms with Gasteiger partial charge in [-0.15, -0.1) is 0 Å². The molecule has 1 aliphatic carbocycles. The van der Waals surface area contributed by atoms with Gasteiger partial charge in [0.15, 0.2) is 5.78 Å². The van der Waals surface area contributed by atoms with Crippen molar-refractivity contribution >= 4 is 23.1 Å². The van der Waals surface area contributed by atoms with Crippen molar-refractivity contribution < 1.29 is 14.3 Å². The number of Topliss-reactive ketones (excluding diaryl/α,β-unsaturated/α-hetero) is 1. The van der Waals surface area contributed by atoms with Crippen LogP contribution in [0.2, 0.25) is 0 Å². The number of fused-ring (bicyclic) bond motifs is 1. The maximum Gasteiger partial charge on any atom is 0.308 e. The van der Waals surface area contributed by atoms with Crippen molar-refractivity contribution in [2.24, 2.45) is 5.41 Å². The van der Waals surface area contributed by atoms with Crippen LogP contribution < -0.4 is 15.0 Å². The lowest BCUT2D eigenvalue weighted by Gasteiger charge is -2.36. The van der Waals surface area contributed by atoms with Crippen LogP contribution in [-0.2, 0) is 9.59 Å². The second-order valence-electron chi connectivity index (χ2n) is 8.65. The lowest BCUT2D eigenvalue weighted by atomic mass is 9.73. The smallest absolute Gasteiger partial charge is 0.308 e. The van der Waals surface area contributed by atoms with E-state index in [2.05, 4.69) is 36.2 Å². The molecule has 0 spiro atoms. The monoisotopic (exact) mass is 390 g/mol. The van der Waals surface area contributed by atoms with Crippen LogP contribution in [0.15, 0.2) is 59.8 Å². The number of benzene rings is 2. The van der Waals surface area contributed by atoms with Gasteiger partial charge in [0.25, 0.3) is 0 Å². The van der Waals surface area contributed by atoms with Crippen LogP contribution in [-0.4, -0.2) is 18.8 Å². The SMILES string of the molecule is CC(=O)Oc1ccc(C2C3=C(CC(C)(C)CC3=O)Nc3ccccc3N2C)cc1. The second-order valence-corrected chi connectivity index (χ2v) is 8.65. The number of nitrogens with zero attached hydrogens (tertiary/aromatic N) is 1. The van der Waals surface area contributed by atoms with Gasteiger partial charge in [0.2, 0.25) is 0 Å². The Bertz CT molecular complexity index is 1010. The van der Waals surface area contributed by atoms with Crippen molar-refractivity contribution in [2.45, 2.75) is 39.7 Å². The van der Waals surface area contributed by atoms with Crippen LogP contribution in [0, 0.1) is 5.41 Å². The number of esters is 1. The highest BCUT2D eigenvalue weighted by Gasteiger charge is 2.40. The zero-order chi connectivity index (χ0) is 20.8. The Hall–Kier alpha value is -3.08. The van der Waals surface area contributed by atoms with Gasteiger partial charge in [-0.25, -0.2) is 0 Å². The van der Waals surface area contributed by atoms with E-state index in [0.29, 0.717) is 12.2 Å².